The number of hydrogen-bond donors (Lipinski definition) is 3. The monoisotopic (exact) mass is 320 g/mol. The Labute approximate surface area is 126 Å². The second-order valence-electron chi connectivity index (χ2n) is 5.25. The number of piperidine rings is 1. The third-order valence-corrected chi connectivity index (χ3v) is 3.61. The Bertz CT molecular complexity index is 463. The van der Waals surface area contributed by atoms with Crippen LogP contribution < -0.4 is 5.48 Å². The molecule has 3 N–H and O–H groups in total. The summed E-state index contributed by atoms with van der Waals surface area (Å²) in [6.07, 6.45) is -1.54. The molecule has 2 atom stereocenters. The number of rotatable bonds is 5. The maximum absolute atomic E-state index is 12.4. The summed E-state index contributed by atoms with van der Waals surface area (Å²) in [5.41, 5.74) is 0.478. The van der Waals surface area contributed by atoms with E-state index in [1.54, 1.807) is 10.4 Å². The fraction of sp³-hybridized carbons (Fsp3) is 0.615. The highest BCUT2D eigenvalue weighted by Crippen LogP contribution is 2.26. The summed E-state index contributed by atoms with van der Waals surface area (Å²) in [4.78, 5) is 16.5. The van der Waals surface area contributed by atoms with Gasteiger partial charge in [0, 0.05) is 31.9 Å². The van der Waals surface area contributed by atoms with Crippen LogP contribution in [-0.2, 0) is 4.79 Å². The van der Waals surface area contributed by atoms with E-state index in [4.69, 9.17) is 10.6 Å². The molecule has 0 radical (unpaired) electrons. The van der Waals surface area contributed by atoms with Gasteiger partial charge in [-0.2, -0.15) is 13.2 Å². The maximum Gasteiger partial charge on any atom is 0.419 e. The van der Waals surface area contributed by atoms with E-state index in [2.05, 4.69) is 4.99 Å². The minimum Gasteiger partial charge on any atom is -0.362 e. The molecule has 0 saturated carbocycles. The summed E-state index contributed by atoms with van der Waals surface area (Å²) < 4.78 is 37.2. The SMILES string of the molecule is CC1CN(C=N/C=C(\C=N)C(F)(F)F)CCC1CC(=O)NO. The number of carbonyl (C=O) groups is 1. The number of hydroxylamine groups is 1. The van der Waals surface area contributed by atoms with Gasteiger partial charge in [0.15, 0.2) is 0 Å². The molecule has 2 unspecified atom stereocenters. The highest BCUT2D eigenvalue weighted by atomic mass is 19.4. The van der Waals surface area contributed by atoms with Crippen molar-refractivity contribution in [2.45, 2.75) is 25.9 Å². The first kappa shape index (κ1) is 18.1. The van der Waals surface area contributed by atoms with Crippen molar-refractivity contribution in [3.63, 3.8) is 0 Å². The van der Waals surface area contributed by atoms with Crippen molar-refractivity contribution in [3.8, 4) is 0 Å². The van der Waals surface area contributed by atoms with Crippen LogP contribution in [0.15, 0.2) is 16.8 Å². The summed E-state index contributed by atoms with van der Waals surface area (Å²) in [7, 11) is 0. The van der Waals surface area contributed by atoms with E-state index < -0.39 is 17.7 Å². The van der Waals surface area contributed by atoms with Crippen LogP contribution in [-0.4, -0.2) is 47.8 Å². The second-order valence-corrected chi connectivity index (χ2v) is 5.25. The Hall–Kier alpha value is -1.90. The molecule has 1 saturated heterocycles. The summed E-state index contributed by atoms with van der Waals surface area (Å²) in [6.45, 7) is 3.06. The molecule has 1 aliphatic heterocycles. The van der Waals surface area contributed by atoms with Crippen LogP contribution in [0.25, 0.3) is 0 Å². The van der Waals surface area contributed by atoms with E-state index in [-0.39, 0.29) is 24.5 Å². The van der Waals surface area contributed by atoms with Crippen molar-refractivity contribution in [2.24, 2.45) is 16.8 Å². The molecule has 0 aliphatic carbocycles. The van der Waals surface area contributed by atoms with Crippen LogP contribution in [0.3, 0.4) is 0 Å². The lowest BCUT2D eigenvalue weighted by Crippen LogP contribution is -2.40. The number of carbonyl (C=O) groups excluding carboxylic acids is 1. The summed E-state index contributed by atoms with van der Waals surface area (Å²) >= 11 is 0. The van der Waals surface area contributed by atoms with Gasteiger partial charge in [0.2, 0.25) is 5.91 Å². The Morgan fingerprint density at radius 3 is 2.73 bits per heavy atom. The van der Waals surface area contributed by atoms with Crippen molar-refractivity contribution in [3.05, 3.63) is 11.8 Å². The minimum atomic E-state index is -4.59. The number of amides is 1. The lowest BCUT2D eigenvalue weighted by atomic mass is 9.84. The molecule has 6 nitrogen and oxygen atoms in total. The first-order valence-corrected chi connectivity index (χ1v) is 6.76. The van der Waals surface area contributed by atoms with Gasteiger partial charge in [0.25, 0.3) is 0 Å². The van der Waals surface area contributed by atoms with Gasteiger partial charge in [-0.15, -0.1) is 0 Å². The summed E-state index contributed by atoms with van der Waals surface area (Å²) in [5, 5.41) is 15.2. The van der Waals surface area contributed by atoms with Gasteiger partial charge in [-0.3, -0.25) is 10.0 Å². The third kappa shape index (κ3) is 5.47. The number of alkyl halides is 3. The molecule has 22 heavy (non-hydrogen) atoms. The molecule has 0 bridgehead atoms. The fourth-order valence-corrected chi connectivity index (χ4v) is 2.32. The zero-order valence-electron chi connectivity index (χ0n) is 12.1. The van der Waals surface area contributed by atoms with Gasteiger partial charge < -0.3 is 10.3 Å². The molecule has 0 aromatic rings. The number of nitrogens with zero attached hydrogens (tertiary/aromatic N) is 2. The highest BCUT2D eigenvalue weighted by molar-refractivity contribution is 5.77. The predicted octanol–water partition coefficient (Wildman–Crippen LogP) is 1.96. The van der Waals surface area contributed by atoms with Crippen molar-refractivity contribution >= 4 is 18.5 Å². The van der Waals surface area contributed by atoms with Crippen LogP contribution in [0.4, 0.5) is 13.2 Å². The molecule has 124 valence electrons. The number of hydrogen-bond acceptors (Lipinski definition) is 4. The van der Waals surface area contributed by atoms with Crippen LogP contribution in [0.1, 0.15) is 19.8 Å². The van der Waals surface area contributed by atoms with Crippen LogP contribution in [0, 0.1) is 17.2 Å². The quantitative estimate of drug-likeness (QED) is 0.313. The average molecular weight is 320 g/mol. The van der Waals surface area contributed by atoms with Crippen LogP contribution in [0.5, 0.6) is 0 Å². The van der Waals surface area contributed by atoms with E-state index in [1.807, 2.05) is 6.92 Å². The van der Waals surface area contributed by atoms with Gasteiger partial charge in [0.1, 0.15) is 0 Å². The third-order valence-electron chi connectivity index (χ3n) is 3.61. The number of nitrogens with one attached hydrogen (secondary N) is 2. The zero-order valence-corrected chi connectivity index (χ0v) is 12.1. The van der Waals surface area contributed by atoms with Crippen molar-refractivity contribution in [2.75, 3.05) is 13.1 Å². The van der Waals surface area contributed by atoms with Gasteiger partial charge in [-0.1, -0.05) is 6.92 Å². The molecule has 9 heteroatoms. The average Bonchev–Trinajstić information content (AvgIpc) is 2.44. The van der Waals surface area contributed by atoms with E-state index in [0.717, 1.165) is 0 Å². The number of aliphatic imine (C=N–C) groups is 1. The zero-order chi connectivity index (χ0) is 16.8. The van der Waals surface area contributed by atoms with Crippen molar-refractivity contribution < 1.29 is 23.2 Å². The molecule has 0 spiro atoms. The topological polar surface area (TPSA) is 88.8 Å². The lowest BCUT2D eigenvalue weighted by molar-refractivity contribution is -0.130. The molecular formula is C13H19F3N4O2. The van der Waals surface area contributed by atoms with E-state index >= 15 is 0 Å². The molecule has 0 aromatic heterocycles. The molecule has 1 rings (SSSR count). The van der Waals surface area contributed by atoms with Crippen LogP contribution in [0.2, 0.25) is 0 Å². The van der Waals surface area contributed by atoms with E-state index in [9.17, 15) is 18.0 Å². The number of likely N-dealkylation sites (tertiary alicyclic amines) is 1. The normalized spacial score (nSPS) is 23.7. The Kier molecular flexibility index (Phi) is 6.54. The van der Waals surface area contributed by atoms with E-state index in [1.165, 1.54) is 6.34 Å². The smallest absolute Gasteiger partial charge is 0.362 e. The molecule has 1 aliphatic rings. The van der Waals surface area contributed by atoms with Gasteiger partial charge in [0.05, 0.1) is 11.9 Å². The molecule has 1 fully saturated rings. The minimum absolute atomic E-state index is 0.111. The fourth-order valence-electron chi connectivity index (χ4n) is 2.32. The van der Waals surface area contributed by atoms with Gasteiger partial charge >= 0.3 is 6.18 Å². The lowest BCUT2D eigenvalue weighted by Gasteiger charge is -2.35. The Balaban J connectivity index is 2.57. The van der Waals surface area contributed by atoms with Gasteiger partial charge in [-0.05, 0) is 18.3 Å². The Morgan fingerprint density at radius 2 is 2.23 bits per heavy atom. The first-order valence-electron chi connectivity index (χ1n) is 6.76. The van der Waals surface area contributed by atoms with E-state index in [0.29, 0.717) is 25.7 Å². The second kappa shape index (κ2) is 7.92. The highest BCUT2D eigenvalue weighted by Gasteiger charge is 2.32. The number of halogens is 3. The van der Waals surface area contributed by atoms with Gasteiger partial charge in [-0.25, -0.2) is 10.5 Å². The molecule has 0 aromatic carbocycles. The molecular weight excluding hydrogens is 301 g/mol. The maximum atomic E-state index is 12.4. The summed E-state index contributed by atoms with van der Waals surface area (Å²) in [6, 6.07) is 0. The standard InChI is InChI=1S/C13H19F3N4O2/c1-9-7-20(3-2-10(9)4-12(21)19-22)8-18-6-11(5-17)13(14,15)16/h5-6,8-10,17,22H,2-4,7H2,1H3,(H,19,21)/b11-6+,17-5?,18-8?. The van der Waals surface area contributed by atoms with Crippen molar-refractivity contribution in [1.82, 2.24) is 10.4 Å². The van der Waals surface area contributed by atoms with Crippen molar-refractivity contribution in [1.29, 1.82) is 5.41 Å². The predicted molar refractivity (Wildman–Crippen MR) is 74.8 cm³/mol. The summed E-state index contributed by atoms with van der Waals surface area (Å²) in [5.74, 6) is -0.186. The number of allylic oxidation sites excluding steroid dienone is 1. The van der Waals surface area contributed by atoms with Crippen LogP contribution >= 0.6 is 0 Å². The Morgan fingerprint density at radius 1 is 1.55 bits per heavy atom. The first-order chi connectivity index (χ1) is 10.3. The molecule has 1 heterocycles. The largest absolute Gasteiger partial charge is 0.419 e. The molecule has 1 amide bonds.